The lowest BCUT2D eigenvalue weighted by Crippen LogP contribution is -1.92. The highest BCUT2D eigenvalue weighted by Crippen LogP contribution is 2.39. The van der Waals surface area contributed by atoms with Crippen molar-refractivity contribution in [2.45, 2.75) is 11.3 Å². The van der Waals surface area contributed by atoms with E-state index in [9.17, 15) is 0 Å². The first-order valence-electron chi connectivity index (χ1n) is 4.98. The molecule has 80 valence electrons. The summed E-state index contributed by atoms with van der Waals surface area (Å²) < 4.78 is 0.855. The van der Waals surface area contributed by atoms with Crippen LogP contribution in [-0.4, -0.2) is 0 Å². The fraction of sp³-hybridized carbons (Fsp3) is 0.0769. The number of thioether (sulfide) groups is 1. The van der Waals surface area contributed by atoms with E-state index < -0.39 is 0 Å². The van der Waals surface area contributed by atoms with Crippen LogP contribution in [0.5, 0.6) is 0 Å². The number of hydrogen-bond donors (Lipinski definition) is 0. The SMILES string of the molecule is ClC1=CCc2cc3ccc(Cl)cc3cc2S1. The van der Waals surface area contributed by atoms with E-state index in [-0.39, 0.29) is 0 Å². The van der Waals surface area contributed by atoms with Crippen molar-refractivity contribution in [2.75, 3.05) is 0 Å². The van der Waals surface area contributed by atoms with Gasteiger partial charge in [-0.25, -0.2) is 0 Å². The van der Waals surface area contributed by atoms with E-state index >= 15 is 0 Å². The lowest BCUT2D eigenvalue weighted by molar-refractivity contribution is 1.18. The van der Waals surface area contributed by atoms with Crippen molar-refractivity contribution in [3.8, 4) is 0 Å². The van der Waals surface area contributed by atoms with Gasteiger partial charge >= 0.3 is 0 Å². The molecule has 1 aliphatic heterocycles. The Labute approximate surface area is 108 Å². The molecule has 0 spiro atoms. The molecular formula is C13H8Cl2S. The third-order valence-electron chi connectivity index (χ3n) is 2.67. The summed E-state index contributed by atoms with van der Waals surface area (Å²) >= 11 is 13.6. The third-order valence-corrected chi connectivity index (χ3v) is 4.25. The lowest BCUT2D eigenvalue weighted by Gasteiger charge is -2.14. The van der Waals surface area contributed by atoms with Crippen LogP contribution < -0.4 is 0 Å². The van der Waals surface area contributed by atoms with Crippen molar-refractivity contribution >= 4 is 45.7 Å². The van der Waals surface area contributed by atoms with Crippen molar-refractivity contribution in [1.82, 2.24) is 0 Å². The van der Waals surface area contributed by atoms with Gasteiger partial charge in [-0.3, -0.25) is 0 Å². The maximum absolute atomic E-state index is 6.02. The Hall–Kier alpha value is -0.630. The van der Waals surface area contributed by atoms with E-state index in [2.05, 4.69) is 24.3 Å². The molecule has 0 aromatic heterocycles. The third kappa shape index (κ3) is 1.84. The first-order valence-corrected chi connectivity index (χ1v) is 6.55. The van der Waals surface area contributed by atoms with E-state index in [0.717, 1.165) is 15.8 Å². The molecule has 1 heterocycles. The number of hydrogen-bond acceptors (Lipinski definition) is 1. The average Bonchev–Trinajstić information content (AvgIpc) is 2.26. The Kier molecular flexibility index (Phi) is 2.62. The second-order valence-corrected chi connectivity index (χ2v) is 5.92. The molecular weight excluding hydrogens is 259 g/mol. The van der Waals surface area contributed by atoms with Crippen LogP contribution in [0.25, 0.3) is 10.8 Å². The van der Waals surface area contributed by atoms with Crippen LogP contribution in [-0.2, 0) is 6.42 Å². The zero-order chi connectivity index (χ0) is 11.1. The summed E-state index contributed by atoms with van der Waals surface area (Å²) in [5, 5.41) is 3.18. The van der Waals surface area contributed by atoms with Crippen molar-refractivity contribution in [3.63, 3.8) is 0 Å². The Balaban J connectivity index is 2.23. The minimum Gasteiger partial charge on any atom is -0.0843 e. The van der Waals surface area contributed by atoms with E-state index in [4.69, 9.17) is 23.2 Å². The molecule has 3 rings (SSSR count). The van der Waals surface area contributed by atoms with Gasteiger partial charge in [-0.05, 0) is 47.0 Å². The lowest BCUT2D eigenvalue weighted by atomic mass is 10.0. The first-order chi connectivity index (χ1) is 7.72. The molecule has 0 radical (unpaired) electrons. The van der Waals surface area contributed by atoms with Gasteiger partial charge in [-0.1, -0.05) is 47.1 Å². The zero-order valence-corrected chi connectivity index (χ0v) is 10.7. The summed E-state index contributed by atoms with van der Waals surface area (Å²) in [4.78, 5) is 1.24. The Bertz CT molecular complexity index is 602. The quantitative estimate of drug-likeness (QED) is 0.630. The molecule has 2 aromatic carbocycles. The molecule has 16 heavy (non-hydrogen) atoms. The first kappa shape index (κ1) is 10.5. The zero-order valence-electron chi connectivity index (χ0n) is 8.34. The fourth-order valence-electron chi connectivity index (χ4n) is 1.89. The summed E-state index contributed by atoms with van der Waals surface area (Å²) in [6.45, 7) is 0. The minimum atomic E-state index is 0.773. The molecule has 2 aromatic rings. The standard InChI is InChI=1S/C13H8Cl2S/c14-11-3-1-8-5-9-2-4-13(15)16-12(9)7-10(8)6-11/h1,3-7H,2H2. The van der Waals surface area contributed by atoms with Gasteiger partial charge in [0.2, 0.25) is 0 Å². The summed E-state index contributed by atoms with van der Waals surface area (Å²) in [5.74, 6) is 0. The van der Waals surface area contributed by atoms with Crippen molar-refractivity contribution in [1.29, 1.82) is 0 Å². The highest BCUT2D eigenvalue weighted by Gasteiger charge is 2.11. The largest absolute Gasteiger partial charge is 0.0843 e. The number of benzene rings is 2. The summed E-state index contributed by atoms with van der Waals surface area (Å²) in [5.41, 5.74) is 1.34. The van der Waals surface area contributed by atoms with Crippen LogP contribution in [0.3, 0.4) is 0 Å². The molecule has 0 N–H and O–H groups in total. The van der Waals surface area contributed by atoms with Crippen molar-refractivity contribution < 1.29 is 0 Å². The van der Waals surface area contributed by atoms with Gasteiger partial charge in [0.15, 0.2) is 0 Å². The molecule has 0 bridgehead atoms. The normalized spacial score (nSPS) is 14.8. The van der Waals surface area contributed by atoms with E-state index in [1.807, 2.05) is 12.1 Å². The molecule has 0 atom stereocenters. The van der Waals surface area contributed by atoms with Crippen LogP contribution in [0.15, 0.2) is 45.7 Å². The molecule has 0 amide bonds. The monoisotopic (exact) mass is 266 g/mol. The number of rotatable bonds is 0. The van der Waals surface area contributed by atoms with Crippen LogP contribution in [0.2, 0.25) is 5.02 Å². The summed E-state index contributed by atoms with van der Waals surface area (Å²) in [6.07, 6.45) is 2.97. The van der Waals surface area contributed by atoms with Crippen LogP contribution >= 0.6 is 35.0 Å². The highest BCUT2D eigenvalue weighted by molar-refractivity contribution is 8.04. The smallest absolute Gasteiger partial charge is 0.0746 e. The molecule has 0 aliphatic carbocycles. The van der Waals surface area contributed by atoms with Crippen LogP contribution in [0, 0.1) is 0 Å². The Morgan fingerprint density at radius 3 is 2.75 bits per heavy atom. The fourth-order valence-corrected chi connectivity index (χ4v) is 3.23. The summed E-state index contributed by atoms with van der Waals surface area (Å²) in [6, 6.07) is 10.4. The van der Waals surface area contributed by atoms with E-state index in [1.54, 1.807) is 11.8 Å². The molecule has 1 aliphatic rings. The maximum atomic E-state index is 6.02. The molecule has 0 saturated heterocycles. The van der Waals surface area contributed by atoms with Crippen molar-refractivity contribution in [2.24, 2.45) is 0 Å². The number of halogens is 2. The van der Waals surface area contributed by atoms with E-state index in [0.29, 0.717) is 0 Å². The van der Waals surface area contributed by atoms with Gasteiger partial charge < -0.3 is 0 Å². The topological polar surface area (TPSA) is 0 Å². The molecule has 0 saturated carbocycles. The highest BCUT2D eigenvalue weighted by atomic mass is 35.5. The van der Waals surface area contributed by atoms with Gasteiger partial charge in [0.05, 0.1) is 4.36 Å². The average molecular weight is 267 g/mol. The minimum absolute atomic E-state index is 0.773. The second kappa shape index (κ2) is 3.99. The molecule has 0 unspecified atom stereocenters. The maximum Gasteiger partial charge on any atom is 0.0746 e. The molecule has 0 fully saturated rings. The Morgan fingerprint density at radius 2 is 1.88 bits per heavy atom. The van der Waals surface area contributed by atoms with Crippen LogP contribution in [0.1, 0.15) is 5.56 Å². The molecule has 3 heteroatoms. The molecule has 0 nitrogen and oxygen atoms in total. The van der Waals surface area contributed by atoms with Gasteiger partial charge in [-0.15, -0.1) is 0 Å². The second-order valence-electron chi connectivity index (χ2n) is 3.77. The van der Waals surface area contributed by atoms with Gasteiger partial charge in [0, 0.05) is 9.92 Å². The van der Waals surface area contributed by atoms with Crippen LogP contribution in [0.4, 0.5) is 0 Å². The van der Waals surface area contributed by atoms with Crippen molar-refractivity contribution in [3.05, 3.63) is 51.4 Å². The predicted octanol–water partition coefficient (Wildman–Crippen LogP) is 5.22. The van der Waals surface area contributed by atoms with Gasteiger partial charge in [0.1, 0.15) is 0 Å². The van der Waals surface area contributed by atoms with Gasteiger partial charge in [-0.2, -0.15) is 0 Å². The van der Waals surface area contributed by atoms with Gasteiger partial charge in [0.25, 0.3) is 0 Å². The van der Waals surface area contributed by atoms with E-state index in [1.165, 1.54) is 21.2 Å². The Morgan fingerprint density at radius 1 is 1.00 bits per heavy atom. The predicted molar refractivity (Wildman–Crippen MR) is 72.5 cm³/mol. The summed E-state index contributed by atoms with van der Waals surface area (Å²) in [7, 11) is 0. The number of fused-ring (bicyclic) bond motifs is 2. The number of allylic oxidation sites excluding steroid dienone is 1.